The fourth-order valence-electron chi connectivity index (χ4n) is 2.34. The summed E-state index contributed by atoms with van der Waals surface area (Å²) in [5.41, 5.74) is 2.03. The van der Waals surface area contributed by atoms with Crippen molar-refractivity contribution in [1.29, 1.82) is 0 Å². The van der Waals surface area contributed by atoms with E-state index in [0.717, 1.165) is 21.6 Å². The van der Waals surface area contributed by atoms with E-state index in [0.29, 0.717) is 0 Å². The second kappa shape index (κ2) is 8.32. The Morgan fingerprint density at radius 1 is 1.24 bits per heavy atom. The van der Waals surface area contributed by atoms with Crippen LogP contribution >= 0.6 is 11.3 Å². The van der Waals surface area contributed by atoms with Gasteiger partial charge in [0, 0.05) is 6.07 Å². The Labute approximate surface area is 169 Å². The number of nitro groups is 1. The normalized spacial score (nSPS) is 12.0. The van der Waals surface area contributed by atoms with Crippen LogP contribution in [0.1, 0.15) is 5.56 Å². The van der Waals surface area contributed by atoms with Crippen molar-refractivity contribution in [1.82, 2.24) is 9.78 Å². The number of nitrogens with one attached hydrogen (secondary N) is 1. The molecule has 0 radical (unpaired) electrons. The Bertz CT molecular complexity index is 1230. The molecule has 0 spiro atoms. The summed E-state index contributed by atoms with van der Waals surface area (Å²) in [6.45, 7) is 1.47. The molecule has 0 unspecified atom stereocenters. The van der Waals surface area contributed by atoms with Crippen molar-refractivity contribution in [3.8, 4) is 0 Å². The van der Waals surface area contributed by atoms with Crippen molar-refractivity contribution in [3.63, 3.8) is 0 Å². The van der Waals surface area contributed by atoms with Gasteiger partial charge in [-0.05, 0) is 25.1 Å². The summed E-state index contributed by atoms with van der Waals surface area (Å²) in [5, 5.41) is 17.4. The van der Waals surface area contributed by atoms with Gasteiger partial charge < -0.3 is 5.32 Å². The number of carbonyl (C=O) groups is 1. The minimum absolute atomic E-state index is 0.00304. The zero-order chi connectivity index (χ0) is 21.0. The first-order chi connectivity index (χ1) is 13.8. The zero-order valence-corrected chi connectivity index (χ0v) is 16.7. The predicted octanol–water partition coefficient (Wildman–Crippen LogP) is 2.09. The molecular formula is C17H15N5O5S2. The molecule has 1 aromatic heterocycles. The van der Waals surface area contributed by atoms with Crippen molar-refractivity contribution >= 4 is 38.6 Å². The molecule has 0 aliphatic carbocycles. The first kappa shape index (κ1) is 20.4. The van der Waals surface area contributed by atoms with Crippen LogP contribution < -0.4 is 10.1 Å². The molecule has 0 fully saturated rings. The topological polar surface area (TPSA) is 137 Å². The Morgan fingerprint density at radius 3 is 2.62 bits per heavy atom. The highest BCUT2D eigenvalue weighted by Crippen LogP contribution is 2.23. The van der Waals surface area contributed by atoms with Gasteiger partial charge in [-0.2, -0.15) is 13.5 Å². The summed E-state index contributed by atoms with van der Waals surface area (Å²) in [6.07, 6.45) is 0. The summed E-state index contributed by atoms with van der Waals surface area (Å²) in [4.78, 5) is 22.8. The smallest absolute Gasteiger partial charge is 0.292 e. The number of anilines is 1. The Hall–Kier alpha value is -3.38. The highest BCUT2D eigenvalue weighted by atomic mass is 32.2. The van der Waals surface area contributed by atoms with E-state index in [1.165, 1.54) is 35.8 Å². The first-order valence-electron chi connectivity index (χ1n) is 8.18. The zero-order valence-electron chi connectivity index (χ0n) is 15.0. The third-order valence-electron chi connectivity index (χ3n) is 3.75. The van der Waals surface area contributed by atoms with Crippen molar-refractivity contribution < 1.29 is 18.1 Å². The van der Waals surface area contributed by atoms with Gasteiger partial charge in [0.1, 0.15) is 17.7 Å². The van der Waals surface area contributed by atoms with Gasteiger partial charge in [0.05, 0.1) is 9.82 Å². The monoisotopic (exact) mass is 433 g/mol. The average Bonchev–Trinajstić information content (AvgIpc) is 3.08. The number of amides is 1. The van der Waals surface area contributed by atoms with E-state index < -0.39 is 20.9 Å². The van der Waals surface area contributed by atoms with Gasteiger partial charge >= 0.3 is 0 Å². The first-order valence-corrected chi connectivity index (χ1v) is 10.5. The van der Waals surface area contributed by atoms with Crippen molar-refractivity contribution in [2.24, 2.45) is 4.40 Å². The molecule has 3 rings (SSSR count). The highest BCUT2D eigenvalue weighted by Gasteiger charge is 2.17. The largest absolute Gasteiger partial charge is 0.319 e. The molecular weight excluding hydrogens is 418 g/mol. The van der Waals surface area contributed by atoms with Crippen LogP contribution in [0.5, 0.6) is 0 Å². The molecule has 0 saturated carbocycles. The Morgan fingerprint density at radius 2 is 1.93 bits per heavy atom. The van der Waals surface area contributed by atoms with Gasteiger partial charge in [0.2, 0.25) is 10.7 Å². The lowest BCUT2D eigenvalue weighted by Crippen LogP contribution is -2.27. The van der Waals surface area contributed by atoms with Gasteiger partial charge in [-0.25, -0.2) is 4.68 Å². The van der Waals surface area contributed by atoms with E-state index in [-0.39, 0.29) is 27.6 Å². The summed E-state index contributed by atoms with van der Waals surface area (Å²) in [6, 6.07) is 11.9. The summed E-state index contributed by atoms with van der Waals surface area (Å²) >= 11 is 0.948. The molecule has 0 bridgehead atoms. The lowest BCUT2D eigenvalue weighted by molar-refractivity contribution is -0.383. The van der Waals surface area contributed by atoms with Crippen LogP contribution in [0, 0.1) is 17.0 Å². The van der Waals surface area contributed by atoms with E-state index in [4.69, 9.17) is 0 Å². The van der Waals surface area contributed by atoms with E-state index in [9.17, 15) is 23.3 Å². The number of nitro benzene ring substituents is 1. The maximum Gasteiger partial charge on any atom is 0.292 e. The number of hydrogen-bond donors (Lipinski definition) is 1. The molecule has 0 saturated heterocycles. The molecule has 0 aliphatic heterocycles. The fraction of sp³-hybridized carbons (Fsp3) is 0.118. The number of aromatic nitrogens is 2. The van der Waals surface area contributed by atoms with Gasteiger partial charge in [-0.1, -0.05) is 41.2 Å². The van der Waals surface area contributed by atoms with E-state index in [1.807, 2.05) is 6.92 Å². The highest BCUT2D eigenvalue weighted by molar-refractivity contribution is 7.90. The minimum Gasteiger partial charge on any atom is -0.319 e. The van der Waals surface area contributed by atoms with Crippen molar-refractivity contribution in [2.45, 2.75) is 18.4 Å². The van der Waals surface area contributed by atoms with Crippen LogP contribution in [0.2, 0.25) is 0 Å². The molecule has 0 aliphatic rings. The van der Waals surface area contributed by atoms with Crippen LogP contribution in [-0.2, 0) is 21.4 Å². The molecule has 0 atom stereocenters. The molecule has 10 nitrogen and oxygen atoms in total. The number of para-hydroxylation sites is 2. The number of sulfonamides is 1. The van der Waals surface area contributed by atoms with Gasteiger partial charge in [0.25, 0.3) is 15.7 Å². The lowest BCUT2D eigenvalue weighted by Gasteiger charge is -2.06. The maximum atomic E-state index is 12.5. The Balaban J connectivity index is 1.84. The number of rotatable bonds is 6. The van der Waals surface area contributed by atoms with E-state index in [1.54, 1.807) is 18.2 Å². The molecule has 1 heterocycles. The standard InChI is InChI=1S/C17H15N5O5S2/c1-12-6-8-13(9-7-12)29(26,27)20-17-21(18-11-28-17)10-16(23)19-14-4-2-3-5-15(14)22(24)25/h2-9,11H,10H2,1H3,(H,19,23)/b20-17-. The molecule has 150 valence electrons. The Kier molecular flexibility index (Phi) is 5.84. The molecule has 1 amide bonds. The summed E-state index contributed by atoms with van der Waals surface area (Å²) in [5.74, 6) is -0.612. The molecule has 29 heavy (non-hydrogen) atoms. The SMILES string of the molecule is Cc1ccc(S(=O)(=O)/N=c2\scnn2CC(=O)Nc2ccccc2[N+](=O)[O-])cc1. The molecule has 2 aromatic carbocycles. The fourth-order valence-corrected chi connectivity index (χ4v) is 4.19. The van der Waals surface area contributed by atoms with Crippen LogP contribution in [0.3, 0.4) is 0 Å². The number of nitrogens with zero attached hydrogens (tertiary/aromatic N) is 4. The van der Waals surface area contributed by atoms with Gasteiger partial charge in [-0.15, -0.1) is 4.40 Å². The lowest BCUT2D eigenvalue weighted by atomic mass is 10.2. The van der Waals surface area contributed by atoms with Crippen molar-refractivity contribution in [3.05, 3.63) is 74.5 Å². The number of carbonyl (C=O) groups excluding carboxylic acids is 1. The van der Waals surface area contributed by atoms with Crippen LogP contribution in [0.15, 0.2) is 63.3 Å². The second-order valence-corrected chi connectivity index (χ2v) is 8.30. The quantitative estimate of drug-likeness (QED) is 0.467. The molecule has 3 aromatic rings. The number of benzene rings is 2. The van der Waals surface area contributed by atoms with Gasteiger partial charge in [0.15, 0.2) is 0 Å². The molecule has 1 N–H and O–H groups in total. The van der Waals surface area contributed by atoms with Crippen LogP contribution in [-0.4, -0.2) is 29.0 Å². The third-order valence-corrected chi connectivity index (χ3v) is 5.86. The second-order valence-electron chi connectivity index (χ2n) is 5.88. The third kappa shape index (κ3) is 4.92. The summed E-state index contributed by atoms with van der Waals surface area (Å²) in [7, 11) is -3.98. The van der Waals surface area contributed by atoms with Crippen molar-refractivity contribution in [2.75, 3.05) is 5.32 Å². The maximum absolute atomic E-state index is 12.5. The molecule has 12 heteroatoms. The van der Waals surface area contributed by atoms with E-state index in [2.05, 4.69) is 14.8 Å². The number of aryl methyl sites for hydroxylation is 1. The average molecular weight is 433 g/mol. The van der Waals surface area contributed by atoms with E-state index >= 15 is 0 Å². The number of hydrogen-bond acceptors (Lipinski definition) is 7. The summed E-state index contributed by atoms with van der Waals surface area (Å²) < 4.78 is 29.8. The minimum atomic E-state index is -3.98. The predicted molar refractivity (Wildman–Crippen MR) is 106 cm³/mol. The van der Waals surface area contributed by atoms with Gasteiger partial charge in [-0.3, -0.25) is 14.9 Å². The van der Waals surface area contributed by atoms with Crippen LogP contribution in [0.4, 0.5) is 11.4 Å². The van der Waals surface area contributed by atoms with Crippen LogP contribution in [0.25, 0.3) is 0 Å².